The van der Waals surface area contributed by atoms with Gasteiger partial charge in [-0.05, 0) is 36.0 Å². The molecule has 0 aliphatic heterocycles. The minimum atomic E-state index is 0.250. The molecule has 0 saturated heterocycles. The summed E-state index contributed by atoms with van der Waals surface area (Å²) in [4.78, 5) is 0. The number of fused-ring (bicyclic) bond motifs is 1. The van der Waals surface area contributed by atoms with E-state index in [1.54, 1.807) is 0 Å². The summed E-state index contributed by atoms with van der Waals surface area (Å²) in [5, 5.41) is 8.90. The van der Waals surface area contributed by atoms with E-state index in [-0.39, 0.29) is 6.61 Å². The van der Waals surface area contributed by atoms with Gasteiger partial charge < -0.3 is 5.11 Å². The van der Waals surface area contributed by atoms with Crippen LogP contribution in [0.15, 0.2) is 30.3 Å². The zero-order chi connectivity index (χ0) is 9.10. The fraction of sp³-hybridized carbons (Fsp3) is 0.333. The molecule has 0 radical (unpaired) electrons. The largest absolute Gasteiger partial charge is 0.396 e. The average Bonchev–Trinajstić information content (AvgIpc) is 2.19. The molecular formula is C12H14O. The second-order valence-electron chi connectivity index (χ2n) is 3.40. The van der Waals surface area contributed by atoms with Crippen LogP contribution < -0.4 is 0 Å². The van der Waals surface area contributed by atoms with E-state index < -0.39 is 0 Å². The van der Waals surface area contributed by atoms with Crippen molar-refractivity contribution in [3.8, 4) is 0 Å². The average molecular weight is 174 g/mol. The molecular weight excluding hydrogens is 160 g/mol. The Balaban J connectivity index is 2.36. The third-order valence-corrected chi connectivity index (χ3v) is 2.55. The maximum atomic E-state index is 8.90. The fourth-order valence-electron chi connectivity index (χ4n) is 1.92. The van der Waals surface area contributed by atoms with Gasteiger partial charge in [0.15, 0.2) is 0 Å². The Kier molecular flexibility index (Phi) is 2.46. The zero-order valence-electron chi connectivity index (χ0n) is 7.66. The van der Waals surface area contributed by atoms with Crippen molar-refractivity contribution in [3.05, 3.63) is 41.5 Å². The second-order valence-corrected chi connectivity index (χ2v) is 3.40. The van der Waals surface area contributed by atoms with E-state index in [9.17, 15) is 0 Å². The van der Waals surface area contributed by atoms with E-state index in [0.717, 1.165) is 19.3 Å². The molecule has 1 heteroatoms. The molecule has 0 heterocycles. The van der Waals surface area contributed by atoms with Crippen LogP contribution in [0.2, 0.25) is 0 Å². The molecule has 2 rings (SSSR count). The number of allylic oxidation sites excluding steroid dienone is 1. The van der Waals surface area contributed by atoms with Crippen LogP contribution in [0.5, 0.6) is 0 Å². The van der Waals surface area contributed by atoms with E-state index in [1.165, 1.54) is 16.7 Å². The summed E-state index contributed by atoms with van der Waals surface area (Å²) >= 11 is 0. The van der Waals surface area contributed by atoms with Gasteiger partial charge in [0.25, 0.3) is 0 Å². The first kappa shape index (κ1) is 8.52. The summed E-state index contributed by atoms with van der Waals surface area (Å²) in [6.07, 6.45) is 5.30. The molecule has 1 aromatic carbocycles. The van der Waals surface area contributed by atoms with Crippen molar-refractivity contribution in [2.45, 2.75) is 19.3 Å². The van der Waals surface area contributed by atoms with Gasteiger partial charge in [-0.15, -0.1) is 0 Å². The maximum absolute atomic E-state index is 8.90. The second kappa shape index (κ2) is 3.75. The molecule has 0 atom stereocenters. The summed E-state index contributed by atoms with van der Waals surface area (Å²) in [6.45, 7) is 0.250. The molecule has 13 heavy (non-hydrogen) atoms. The smallest absolute Gasteiger partial charge is 0.0471 e. The summed E-state index contributed by atoms with van der Waals surface area (Å²) in [7, 11) is 0. The van der Waals surface area contributed by atoms with Crippen molar-refractivity contribution in [1.29, 1.82) is 0 Å². The third kappa shape index (κ3) is 1.65. The summed E-state index contributed by atoms with van der Waals surface area (Å²) in [5.41, 5.74) is 4.07. The molecule has 68 valence electrons. The normalized spacial score (nSPS) is 15.0. The van der Waals surface area contributed by atoms with E-state index in [2.05, 4.69) is 30.3 Å². The monoisotopic (exact) mass is 174 g/mol. The number of hydrogen-bond acceptors (Lipinski definition) is 1. The third-order valence-electron chi connectivity index (χ3n) is 2.55. The van der Waals surface area contributed by atoms with Crippen molar-refractivity contribution in [1.82, 2.24) is 0 Å². The van der Waals surface area contributed by atoms with Crippen LogP contribution in [0.3, 0.4) is 0 Å². The van der Waals surface area contributed by atoms with Gasteiger partial charge in [0.1, 0.15) is 0 Å². The van der Waals surface area contributed by atoms with Crippen LogP contribution >= 0.6 is 0 Å². The minimum absolute atomic E-state index is 0.250. The van der Waals surface area contributed by atoms with Gasteiger partial charge in [-0.2, -0.15) is 0 Å². The molecule has 0 bridgehead atoms. The maximum Gasteiger partial charge on any atom is 0.0471 e. The van der Waals surface area contributed by atoms with Gasteiger partial charge in [0, 0.05) is 6.61 Å². The lowest BCUT2D eigenvalue weighted by molar-refractivity contribution is 0.305. The van der Waals surface area contributed by atoms with Crippen LogP contribution in [0.25, 0.3) is 5.57 Å². The highest BCUT2D eigenvalue weighted by Crippen LogP contribution is 2.27. The van der Waals surface area contributed by atoms with Crippen molar-refractivity contribution in [2.24, 2.45) is 0 Å². The van der Waals surface area contributed by atoms with E-state index >= 15 is 0 Å². The fourth-order valence-corrected chi connectivity index (χ4v) is 1.92. The summed E-state index contributed by atoms with van der Waals surface area (Å²) in [6, 6.07) is 8.48. The highest BCUT2D eigenvalue weighted by atomic mass is 16.2. The molecule has 0 spiro atoms. The van der Waals surface area contributed by atoms with Crippen molar-refractivity contribution in [2.75, 3.05) is 6.61 Å². The Hall–Kier alpha value is -1.08. The molecule has 0 saturated carbocycles. The lowest BCUT2D eigenvalue weighted by Crippen LogP contribution is -2.00. The molecule has 1 aromatic rings. The van der Waals surface area contributed by atoms with Crippen LogP contribution in [-0.4, -0.2) is 11.7 Å². The molecule has 1 aliphatic rings. The Bertz CT molecular complexity index is 326. The van der Waals surface area contributed by atoms with Crippen molar-refractivity contribution >= 4 is 5.57 Å². The molecule has 1 nitrogen and oxygen atoms in total. The molecule has 0 aromatic heterocycles. The molecule has 0 amide bonds. The Morgan fingerprint density at radius 1 is 1.23 bits per heavy atom. The lowest BCUT2D eigenvalue weighted by atomic mass is 9.89. The van der Waals surface area contributed by atoms with Gasteiger partial charge in [0.05, 0.1) is 0 Å². The predicted octanol–water partition coefficient (Wildman–Crippen LogP) is 2.40. The van der Waals surface area contributed by atoms with E-state index in [1.807, 2.05) is 0 Å². The van der Waals surface area contributed by atoms with Gasteiger partial charge in [-0.25, -0.2) is 0 Å². The van der Waals surface area contributed by atoms with Gasteiger partial charge >= 0.3 is 0 Å². The van der Waals surface area contributed by atoms with Crippen LogP contribution in [0, 0.1) is 0 Å². The predicted molar refractivity (Wildman–Crippen MR) is 54.4 cm³/mol. The number of aliphatic hydroxyl groups excluding tert-OH is 1. The van der Waals surface area contributed by atoms with Gasteiger partial charge in [0.2, 0.25) is 0 Å². The standard InChI is InChI=1S/C12H14O/c13-9-8-11-6-3-5-10-4-1-2-7-12(10)11/h1-2,4,6-7,13H,3,5,8-9H2. The molecule has 1 aliphatic carbocycles. The van der Waals surface area contributed by atoms with Crippen LogP contribution in [0.1, 0.15) is 24.0 Å². The van der Waals surface area contributed by atoms with Gasteiger partial charge in [-0.3, -0.25) is 0 Å². The lowest BCUT2D eigenvalue weighted by Gasteiger charge is -2.16. The van der Waals surface area contributed by atoms with Crippen molar-refractivity contribution in [3.63, 3.8) is 0 Å². The number of rotatable bonds is 2. The Morgan fingerprint density at radius 2 is 2.08 bits per heavy atom. The number of hydrogen-bond donors (Lipinski definition) is 1. The highest BCUT2D eigenvalue weighted by molar-refractivity contribution is 5.70. The molecule has 1 N–H and O–H groups in total. The van der Waals surface area contributed by atoms with Crippen LogP contribution in [0.4, 0.5) is 0 Å². The number of benzene rings is 1. The first-order valence-electron chi connectivity index (χ1n) is 4.80. The summed E-state index contributed by atoms with van der Waals surface area (Å²) < 4.78 is 0. The minimum Gasteiger partial charge on any atom is -0.396 e. The molecule has 0 unspecified atom stereocenters. The summed E-state index contributed by atoms with van der Waals surface area (Å²) in [5.74, 6) is 0. The van der Waals surface area contributed by atoms with Crippen LogP contribution in [-0.2, 0) is 6.42 Å². The Labute approximate surface area is 78.7 Å². The number of aryl methyl sites for hydroxylation is 1. The topological polar surface area (TPSA) is 20.2 Å². The quantitative estimate of drug-likeness (QED) is 0.730. The first-order valence-corrected chi connectivity index (χ1v) is 4.80. The van der Waals surface area contributed by atoms with E-state index in [4.69, 9.17) is 5.11 Å². The molecule has 0 fully saturated rings. The van der Waals surface area contributed by atoms with Gasteiger partial charge in [-0.1, -0.05) is 30.3 Å². The highest BCUT2D eigenvalue weighted by Gasteiger charge is 2.10. The number of aliphatic hydroxyl groups is 1. The van der Waals surface area contributed by atoms with Crippen molar-refractivity contribution < 1.29 is 5.11 Å². The van der Waals surface area contributed by atoms with E-state index in [0.29, 0.717) is 0 Å². The zero-order valence-corrected chi connectivity index (χ0v) is 7.66. The SMILES string of the molecule is OCCC1=CCCc2ccccc21. The Morgan fingerprint density at radius 3 is 2.92 bits per heavy atom. The first-order chi connectivity index (χ1) is 6.42.